The molecule has 1 unspecified atom stereocenters. The summed E-state index contributed by atoms with van der Waals surface area (Å²) in [6.45, 7) is 3.84. The van der Waals surface area contributed by atoms with E-state index < -0.39 is 0 Å². The summed E-state index contributed by atoms with van der Waals surface area (Å²) in [6.07, 6.45) is 3.41. The van der Waals surface area contributed by atoms with Crippen molar-refractivity contribution in [2.75, 3.05) is 18.5 Å². The molecule has 0 bridgehead atoms. The molecule has 1 atom stereocenters. The normalized spacial score (nSPS) is 19.5. The van der Waals surface area contributed by atoms with Gasteiger partial charge in [0.15, 0.2) is 0 Å². The largest absolute Gasteiger partial charge is 0.378 e. The van der Waals surface area contributed by atoms with E-state index in [2.05, 4.69) is 33.7 Å². The highest BCUT2D eigenvalue weighted by Gasteiger charge is 2.18. The van der Waals surface area contributed by atoms with Crippen molar-refractivity contribution in [3.63, 3.8) is 0 Å². The van der Waals surface area contributed by atoms with Crippen molar-refractivity contribution in [2.45, 2.75) is 32.3 Å². The zero-order valence-electron chi connectivity index (χ0n) is 10.5. The van der Waals surface area contributed by atoms with Gasteiger partial charge in [-0.15, -0.1) is 11.3 Å². The number of aromatic nitrogens is 2. The maximum atomic E-state index is 5.65. The summed E-state index contributed by atoms with van der Waals surface area (Å²) in [5.41, 5.74) is 0. The predicted octanol–water partition coefficient (Wildman–Crippen LogP) is 2.84. The van der Waals surface area contributed by atoms with Gasteiger partial charge in [-0.3, -0.25) is 0 Å². The molecule has 3 heterocycles. The van der Waals surface area contributed by atoms with Gasteiger partial charge in [-0.25, -0.2) is 9.97 Å². The van der Waals surface area contributed by atoms with Crippen molar-refractivity contribution < 1.29 is 4.74 Å². The van der Waals surface area contributed by atoms with Gasteiger partial charge < -0.3 is 10.1 Å². The molecule has 2 aromatic rings. The van der Waals surface area contributed by atoms with E-state index in [1.54, 1.807) is 11.3 Å². The monoisotopic (exact) mass is 263 g/mol. The minimum Gasteiger partial charge on any atom is -0.378 e. The molecular weight excluding hydrogens is 246 g/mol. The number of rotatable bonds is 4. The lowest BCUT2D eigenvalue weighted by atomic mass is 10.2. The van der Waals surface area contributed by atoms with Crippen LogP contribution in [0.25, 0.3) is 10.2 Å². The Bertz CT molecular complexity index is 534. The Kier molecular flexibility index (Phi) is 3.43. The van der Waals surface area contributed by atoms with Crippen LogP contribution in [0.15, 0.2) is 11.4 Å². The van der Waals surface area contributed by atoms with Crippen LogP contribution in [0.3, 0.4) is 0 Å². The fourth-order valence-corrected chi connectivity index (χ4v) is 3.08. The topological polar surface area (TPSA) is 47.0 Å². The van der Waals surface area contributed by atoms with Gasteiger partial charge in [-0.1, -0.05) is 0 Å². The van der Waals surface area contributed by atoms with Crippen LogP contribution >= 0.6 is 11.3 Å². The van der Waals surface area contributed by atoms with Gasteiger partial charge >= 0.3 is 0 Å². The molecule has 0 radical (unpaired) electrons. The number of ether oxygens (including phenoxy) is 1. The maximum absolute atomic E-state index is 5.65. The van der Waals surface area contributed by atoms with Crippen LogP contribution in [-0.2, 0) is 11.2 Å². The van der Waals surface area contributed by atoms with Gasteiger partial charge in [0.05, 0.1) is 11.5 Å². The molecule has 4 nitrogen and oxygen atoms in total. The Morgan fingerprint density at radius 3 is 3.22 bits per heavy atom. The van der Waals surface area contributed by atoms with Crippen molar-refractivity contribution in [3.8, 4) is 0 Å². The van der Waals surface area contributed by atoms with Crippen LogP contribution in [0.2, 0.25) is 0 Å². The number of anilines is 1. The summed E-state index contributed by atoms with van der Waals surface area (Å²) in [5.74, 6) is 1.85. The molecule has 1 N–H and O–H groups in total. The highest BCUT2D eigenvalue weighted by Crippen LogP contribution is 2.26. The second-order valence-electron chi connectivity index (χ2n) is 4.50. The molecule has 1 fully saturated rings. The van der Waals surface area contributed by atoms with Crippen LogP contribution in [0.5, 0.6) is 0 Å². The number of nitrogens with zero attached hydrogens (tertiary/aromatic N) is 2. The van der Waals surface area contributed by atoms with Crippen molar-refractivity contribution in [1.82, 2.24) is 9.97 Å². The first kappa shape index (κ1) is 11.9. The molecule has 18 heavy (non-hydrogen) atoms. The molecule has 1 aliphatic heterocycles. The molecule has 3 rings (SSSR count). The SMILES string of the molecule is CCNc1nc(CC2CCCO2)nc2sccc12. The lowest BCUT2D eigenvalue weighted by molar-refractivity contribution is 0.110. The van der Waals surface area contributed by atoms with Gasteiger partial charge in [-0.05, 0) is 31.2 Å². The Morgan fingerprint density at radius 2 is 2.44 bits per heavy atom. The van der Waals surface area contributed by atoms with E-state index in [-0.39, 0.29) is 0 Å². The zero-order chi connectivity index (χ0) is 12.4. The van der Waals surface area contributed by atoms with E-state index in [1.807, 2.05) is 0 Å². The second-order valence-corrected chi connectivity index (χ2v) is 5.39. The Balaban J connectivity index is 1.90. The standard InChI is InChI=1S/C13H17N3OS/c1-2-14-12-10-5-7-18-13(10)16-11(15-12)8-9-4-3-6-17-9/h5,7,9H,2-4,6,8H2,1H3,(H,14,15,16). The number of fused-ring (bicyclic) bond motifs is 1. The third kappa shape index (κ3) is 2.33. The van der Waals surface area contributed by atoms with E-state index in [9.17, 15) is 0 Å². The first-order chi connectivity index (χ1) is 8.86. The van der Waals surface area contributed by atoms with E-state index in [4.69, 9.17) is 4.74 Å². The number of nitrogens with one attached hydrogen (secondary N) is 1. The van der Waals surface area contributed by atoms with E-state index >= 15 is 0 Å². The van der Waals surface area contributed by atoms with Crippen LogP contribution in [0.1, 0.15) is 25.6 Å². The quantitative estimate of drug-likeness (QED) is 0.921. The average molecular weight is 263 g/mol. The van der Waals surface area contributed by atoms with Crippen molar-refractivity contribution in [1.29, 1.82) is 0 Å². The minimum atomic E-state index is 0.303. The maximum Gasteiger partial charge on any atom is 0.138 e. The lowest BCUT2D eigenvalue weighted by Gasteiger charge is -2.10. The lowest BCUT2D eigenvalue weighted by Crippen LogP contribution is -2.12. The first-order valence-corrected chi connectivity index (χ1v) is 7.34. The molecule has 0 amide bonds. The summed E-state index contributed by atoms with van der Waals surface area (Å²) >= 11 is 1.67. The minimum absolute atomic E-state index is 0.303. The third-order valence-corrected chi connectivity index (χ3v) is 3.96. The molecule has 2 aromatic heterocycles. The van der Waals surface area contributed by atoms with Gasteiger partial charge in [-0.2, -0.15) is 0 Å². The Morgan fingerprint density at radius 1 is 1.50 bits per heavy atom. The molecular formula is C13H17N3OS. The van der Waals surface area contributed by atoms with Crippen LogP contribution in [0, 0.1) is 0 Å². The van der Waals surface area contributed by atoms with Gasteiger partial charge in [0, 0.05) is 19.6 Å². The van der Waals surface area contributed by atoms with Crippen LogP contribution in [-0.4, -0.2) is 29.2 Å². The molecule has 1 saturated heterocycles. The van der Waals surface area contributed by atoms with Crippen molar-refractivity contribution >= 4 is 27.4 Å². The predicted molar refractivity (Wildman–Crippen MR) is 74.3 cm³/mol. The second kappa shape index (κ2) is 5.20. The summed E-state index contributed by atoms with van der Waals surface area (Å²) < 4.78 is 5.65. The van der Waals surface area contributed by atoms with Crippen LogP contribution < -0.4 is 5.32 Å². The van der Waals surface area contributed by atoms with Gasteiger partial charge in [0.1, 0.15) is 16.5 Å². The summed E-state index contributed by atoms with van der Waals surface area (Å²) in [7, 11) is 0. The summed E-state index contributed by atoms with van der Waals surface area (Å²) in [5, 5.41) is 6.51. The molecule has 5 heteroatoms. The van der Waals surface area contributed by atoms with E-state index in [0.29, 0.717) is 6.10 Å². The zero-order valence-corrected chi connectivity index (χ0v) is 11.3. The highest BCUT2D eigenvalue weighted by molar-refractivity contribution is 7.16. The molecule has 0 saturated carbocycles. The number of hydrogen-bond donors (Lipinski definition) is 1. The Hall–Kier alpha value is -1.20. The third-order valence-electron chi connectivity index (χ3n) is 3.15. The number of thiophene rings is 1. The smallest absolute Gasteiger partial charge is 0.138 e. The summed E-state index contributed by atoms with van der Waals surface area (Å²) in [6, 6.07) is 2.08. The Labute approximate surface area is 110 Å². The summed E-state index contributed by atoms with van der Waals surface area (Å²) in [4.78, 5) is 10.3. The highest BCUT2D eigenvalue weighted by atomic mass is 32.1. The van der Waals surface area contributed by atoms with Crippen LogP contribution in [0.4, 0.5) is 5.82 Å². The molecule has 0 spiro atoms. The molecule has 96 valence electrons. The van der Waals surface area contributed by atoms with E-state index in [1.165, 1.54) is 0 Å². The van der Waals surface area contributed by atoms with Gasteiger partial charge in [0.25, 0.3) is 0 Å². The first-order valence-electron chi connectivity index (χ1n) is 6.46. The number of hydrogen-bond acceptors (Lipinski definition) is 5. The average Bonchev–Trinajstić information content (AvgIpc) is 3.00. The fraction of sp³-hybridized carbons (Fsp3) is 0.538. The molecule has 0 aliphatic carbocycles. The molecule has 1 aliphatic rings. The van der Waals surface area contributed by atoms with Crippen molar-refractivity contribution in [2.24, 2.45) is 0 Å². The van der Waals surface area contributed by atoms with Crippen molar-refractivity contribution in [3.05, 3.63) is 17.3 Å². The molecule has 0 aromatic carbocycles. The van der Waals surface area contributed by atoms with Gasteiger partial charge in [0.2, 0.25) is 0 Å². The van der Waals surface area contributed by atoms with E-state index in [0.717, 1.165) is 54.3 Å². The fourth-order valence-electron chi connectivity index (χ4n) is 2.30.